The van der Waals surface area contributed by atoms with E-state index >= 15 is 0 Å². The highest BCUT2D eigenvalue weighted by Gasteiger charge is 2.26. The molecule has 1 aromatic heterocycles. The lowest BCUT2D eigenvalue weighted by Crippen LogP contribution is -2.39. The molecule has 0 bridgehead atoms. The number of guanidine groups is 1. The molecule has 138 valence electrons. The first-order valence-electron chi connectivity index (χ1n) is 7.67. The van der Waals surface area contributed by atoms with Crippen molar-refractivity contribution in [3.63, 3.8) is 0 Å². The van der Waals surface area contributed by atoms with Gasteiger partial charge in [0.2, 0.25) is 5.56 Å². The van der Waals surface area contributed by atoms with E-state index in [1.54, 1.807) is 22.9 Å². The van der Waals surface area contributed by atoms with Gasteiger partial charge in [-0.1, -0.05) is 6.07 Å². The summed E-state index contributed by atoms with van der Waals surface area (Å²) >= 11 is 0. The molecule has 24 heavy (non-hydrogen) atoms. The number of aromatic nitrogens is 1. The molecule has 0 fully saturated rings. The van der Waals surface area contributed by atoms with Gasteiger partial charge in [0.25, 0.3) is 0 Å². The van der Waals surface area contributed by atoms with E-state index in [9.17, 15) is 18.0 Å². The summed E-state index contributed by atoms with van der Waals surface area (Å²) in [6, 6.07) is 5.00. The molecule has 0 atom stereocenters. The topological polar surface area (TPSA) is 58.4 Å². The summed E-state index contributed by atoms with van der Waals surface area (Å²) in [6.45, 7) is 3.32. The molecule has 0 spiro atoms. The molecule has 0 aromatic carbocycles. The standard InChI is InChI=1S/C15H23F3N4O.HI/c1-2-19-14(21-10-8-15(16,17)18)20-9-4-6-12-22-11-5-3-7-13(22)23;/h3,5,7,11H,2,4,6,8-10,12H2,1H3,(H2,19,20,21);1H. The van der Waals surface area contributed by atoms with Crippen LogP contribution in [0.3, 0.4) is 0 Å². The third kappa shape index (κ3) is 10.5. The van der Waals surface area contributed by atoms with Crippen LogP contribution in [0.25, 0.3) is 0 Å². The van der Waals surface area contributed by atoms with Crippen molar-refractivity contribution in [2.24, 2.45) is 4.99 Å². The Bertz CT molecular complexity index is 546. The van der Waals surface area contributed by atoms with Crippen LogP contribution in [0.5, 0.6) is 0 Å². The number of aryl methyl sites for hydroxylation is 1. The molecule has 0 amide bonds. The monoisotopic (exact) mass is 460 g/mol. The summed E-state index contributed by atoms with van der Waals surface area (Å²) in [5.41, 5.74) is -0.0434. The molecule has 0 radical (unpaired) electrons. The third-order valence-corrected chi connectivity index (χ3v) is 3.02. The number of nitrogens with zero attached hydrogens (tertiary/aromatic N) is 2. The minimum absolute atomic E-state index is 0. The predicted octanol–water partition coefficient (Wildman–Crippen LogP) is 2.75. The lowest BCUT2D eigenvalue weighted by atomic mass is 10.3. The van der Waals surface area contributed by atoms with E-state index in [1.165, 1.54) is 6.07 Å². The fourth-order valence-electron chi connectivity index (χ4n) is 1.89. The molecule has 2 N–H and O–H groups in total. The number of nitrogens with one attached hydrogen (secondary N) is 2. The largest absolute Gasteiger partial charge is 0.390 e. The van der Waals surface area contributed by atoms with Crippen LogP contribution in [0.15, 0.2) is 34.2 Å². The van der Waals surface area contributed by atoms with Gasteiger partial charge in [0.1, 0.15) is 0 Å². The first-order valence-corrected chi connectivity index (χ1v) is 7.67. The van der Waals surface area contributed by atoms with Gasteiger partial charge in [-0.2, -0.15) is 13.2 Å². The average molecular weight is 460 g/mol. The van der Waals surface area contributed by atoms with E-state index in [4.69, 9.17) is 0 Å². The highest BCUT2D eigenvalue weighted by molar-refractivity contribution is 14.0. The number of pyridine rings is 1. The van der Waals surface area contributed by atoms with E-state index in [1.807, 2.05) is 6.92 Å². The van der Waals surface area contributed by atoms with Crippen LogP contribution in [0.4, 0.5) is 13.2 Å². The van der Waals surface area contributed by atoms with Gasteiger partial charge in [-0.25, -0.2) is 0 Å². The minimum Gasteiger partial charge on any atom is -0.357 e. The Morgan fingerprint density at radius 1 is 1.25 bits per heavy atom. The van der Waals surface area contributed by atoms with Gasteiger partial charge in [-0.3, -0.25) is 9.79 Å². The molecule has 0 aliphatic carbocycles. The molecule has 1 heterocycles. The van der Waals surface area contributed by atoms with Crippen molar-refractivity contribution in [3.8, 4) is 0 Å². The van der Waals surface area contributed by atoms with Crippen LogP contribution >= 0.6 is 24.0 Å². The Balaban J connectivity index is 0.00000529. The zero-order valence-electron chi connectivity index (χ0n) is 13.6. The van der Waals surface area contributed by atoms with E-state index in [-0.39, 0.29) is 36.1 Å². The average Bonchev–Trinajstić information content (AvgIpc) is 2.47. The van der Waals surface area contributed by atoms with E-state index in [0.29, 0.717) is 25.6 Å². The molecule has 0 saturated heterocycles. The molecular weight excluding hydrogens is 436 g/mol. The summed E-state index contributed by atoms with van der Waals surface area (Å²) in [7, 11) is 0. The molecule has 1 rings (SSSR count). The number of halogens is 4. The van der Waals surface area contributed by atoms with Crippen LogP contribution in [-0.2, 0) is 6.54 Å². The van der Waals surface area contributed by atoms with Crippen LogP contribution in [-0.4, -0.2) is 36.3 Å². The maximum absolute atomic E-state index is 12.1. The van der Waals surface area contributed by atoms with E-state index in [2.05, 4.69) is 15.6 Å². The number of hydrogen-bond donors (Lipinski definition) is 2. The summed E-state index contributed by atoms with van der Waals surface area (Å²) in [6.07, 6.45) is -1.82. The van der Waals surface area contributed by atoms with Crippen molar-refractivity contribution in [3.05, 3.63) is 34.7 Å². The smallest absolute Gasteiger partial charge is 0.357 e. The summed E-state index contributed by atoms with van der Waals surface area (Å²) in [5, 5.41) is 5.56. The molecule has 5 nitrogen and oxygen atoms in total. The molecule has 0 unspecified atom stereocenters. The fraction of sp³-hybridized carbons (Fsp3) is 0.600. The van der Waals surface area contributed by atoms with Gasteiger partial charge < -0.3 is 15.2 Å². The lowest BCUT2D eigenvalue weighted by molar-refractivity contribution is -0.132. The van der Waals surface area contributed by atoms with Crippen molar-refractivity contribution < 1.29 is 13.2 Å². The van der Waals surface area contributed by atoms with Gasteiger partial charge in [0, 0.05) is 38.4 Å². The molecule has 0 aliphatic heterocycles. The summed E-state index contributed by atoms with van der Waals surface area (Å²) < 4.78 is 38.0. The van der Waals surface area contributed by atoms with Crippen molar-refractivity contribution in [2.75, 3.05) is 19.6 Å². The fourth-order valence-corrected chi connectivity index (χ4v) is 1.89. The van der Waals surface area contributed by atoms with Crippen LogP contribution < -0.4 is 16.2 Å². The van der Waals surface area contributed by atoms with Crippen LogP contribution in [0.1, 0.15) is 26.2 Å². The van der Waals surface area contributed by atoms with E-state index in [0.717, 1.165) is 12.8 Å². The van der Waals surface area contributed by atoms with Gasteiger partial charge in [0.15, 0.2) is 5.96 Å². The number of unbranched alkanes of at least 4 members (excludes halogenated alkanes) is 1. The van der Waals surface area contributed by atoms with Crippen molar-refractivity contribution >= 4 is 29.9 Å². The highest BCUT2D eigenvalue weighted by Crippen LogP contribution is 2.17. The Morgan fingerprint density at radius 2 is 2.00 bits per heavy atom. The maximum Gasteiger partial charge on any atom is 0.390 e. The second kappa shape index (κ2) is 12.2. The highest BCUT2D eigenvalue weighted by atomic mass is 127. The van der Waals surface area contributed by atoms with Crippen LogP contribution in [0.2, 0.25) is 0 Å². The second-order valence-corrected chi connectivity index (χ2v) is 4.99. The van der Waals surface area contributed by atoms with Gasteiger partial charge in [-0.05, 0) is 25.8 Å². The van der Waals surface area contributed by atoms with Crippen molar-refractivity contribution in [1.29, 1.82) is 0 Å². The molecule has 9 heteroatoms. The molecule has 0 saturated carbocycles. The summed E-state index contributed by atoms with van der Waals surface area (Å²) in [5.74, 6) is 0.383. The number of alkyl halides is 3. The maximum atomic E-state index is 12.1. The van der Waals surface area contributed by atoms with Crippen molar-refractivity contribution in [1.82, 2.24) is 15.2 Å². The number of hydrogen-bond acceptors (Lipinski definition) is 2. The van der Waals surface area contributed by atoms with Crippen LogP contribution in [0, 0.1) is 0 Å². The van der Waals surface area contributed by atoms with Gasteiger partial charge in [0.05, 0.1) is 6.42 Å². The SMILES string of the molecule is CCNC(=NCCCCn1ccccc1=O)NCCC(F)(F)F.I. The zero-order chi connectivity index (χ0) is 17.1. The summed E-state index contributed by atoms with van der Waals surface area (Å²) in [4.78, 5) is 15.7. The second-order valence-electron chi connectivity index (χ2n) is 4.99. The Labute approximate surface area is 156 Å². The number of rotatable bonds is 8. The molecular formula is C15H24F3IN4O. The lowest BCUT2D eigenvalue weighted by Gasteiger charge is -2.12. The Hall–Kier alpha value is -1.26. The normalized spacial score (nSPS) is 11.8. The third-order valence-electron chi connectivity index (χ3n) is 3.02. The first kappa shape index (κ1) is 22.7. The zero-order valence-corrected chi connectivity index (χ0v) is 15.9. The number of aliphatic imine (C=N–C) groups is 1. The first-order chi connectivity index (χ1) is 10.9. The Kier molecular flexibility index (Phi) is 11.5. The predicted molar refractivity (Wildman–Crippen MR) is 100 cm³/mol. The van der Waals surface area contributed by atoms with Gasteiger partial charge in [-0.15, -0.1) is 24.0 Å². The Morgan fingerprint density at radius 3 is 2.62 bits per heavy atom. The van der Waals surface area contributed by atoms with E-state index < -0.39 is 12.6 Å². The molecule has 0 aliphatic rings. The minimum atomic E-state index is -4.17. The molecule has 1 aromatic rings. The quantitative estimate of drug-likeness (QED) is 0.272. The van der Waals surface area contributed by atoms with Gasteiger partial charge >= 0.3 is 6.18 Å². The van der Waals surface area contributed by atoms with Crippen molar-refractivity contribution in [2.45, 2.75) is 38.9 Å².